The van der Waals surface area contributed by atoms with Gasteiger partial charge >= 0.3 is 0 Å². The van der Waals surface area contributed by atoms with E-state index in [-0.39, 0.29) is 0 Å². The van der Waals surface area contributed by atoms with E-state index in [1.165, 1.54) is 9.87 Å². The van der Waals surface area contributed by atoms with Crippen LogP contribution in [-0.4, -0.2) is 49.1 Å². The summed E-state index contributed by atoms with van der Waals surface area (Å²) in [7, 11) is -3.48. The number of halogens is 1. The Morgan fingerprint density at radius 2 is 1.48 bits per heavy atom. The van der Waals surface area contributed by atoms with Crippen LogP contribution in [0.15, 0.2) is 70.0 Å². The largest absolute Gasteiger partial charge is 0.352 e. The highest BCUT2D eigenvalue weighted by Gasteiger charge is 2.29. The summed E-state index contributed by atoms with van der Waals surface area (Å²) in [4.78, 5) is 2.39. The van der Waals surface area contributed by atoms with E-state index >= 15 is 0 Å². The molecule has 29 heavy (non-hydrogen) atoms. The van der Waals surface area contributed by atoms with Crippen molar-refractivity contribution in [3.8, 4) is 11.3 Å². The van der Waals surface area contributed by atoms with Gasteiger partial charge < -0.3 is 4.90 Å². The van der Waals surface area contributed by atoms with Crippen molar-refractivity contribution in [1.82, 2.24) is 14.5 Å². The molecule has 2 heterocycles. The molecule has 0 unspecified atom stereocenters. The Morgan fingerprint density at radius 1 is 0.828 bits per heavy atom. The fourth-order valence-electron chi connectivity index (χ4n) is 3.29. The van der Waals surface area contributed by atoms with Gasteiger partial charge in [0.2, 0.25) is 10.0 Å². The molecule has 0 radical (unpaired) electrons. The molecule has 1 aliphatic heterocycles. The van der Waals surface area contributed by atoms with Crippen molar-refractivity contribution < 1.29 is 8.42 Å². The van der Waals surface area contributed by atoms with Gasteiger partial charge in [-0.3, -0.25) is 0 Å². The maximum Gasteiger partial charge on any atom is 0.243 e. The fourth-order valence-corrected chi connectivity index (χ4v) is 4.97. The molecule has 8 heteroatoms. The SMILES string of the molecule is Cc1ccc(-c2ccc(N3CCN(S(=O)(=O)c4ccc(Br)cc4)CC3)nn2)cc1. The van der Waals surface area contributed by atoms with E-state index in [1.807, 2.05) is 24.3 Å². The zero-order chi connectivity index (χ0) is 20.4. The minimum Gasteiger partial charge on any atom is -0.352 e. The summed E-state index contributed by atoms with van der Waals surface area (Å²) in [5.74, 6) is 0.765. The molecule has 1 fully saturated rings. The third-order valence-corrected chi connectivity index (χ3v) is 7.45. The van der Waals surface area contributed by atoms with Crippen LogP contribution in [0.3, 0.4) is 0 Å². The highest BCUT2D eigenvalue weighted by atomic mass is 79.9. The molecular formula is C21H21BrN4O2S. The summed E-state index contributed by atoms with van der Waals surface area (Å²) < 4.78 is 28.0. The minimum atomic E-state index is -3.48. The zero-order valence-electron chi connectivity index (χ0n) is 16.0. The predicted octanol–water partition coefficient (Wildman–Crippen LogP) is 3.73. The Morgan fingerprint density at radius 3 is 2.07 bits per heavy atom. The first kappa shape index (κ1) is 20.0. The van der Waals surface area contributed by atoms with Gasteiger partial charge in [-0.15, -0.1) is 10.2 Å². The second kappa shape index (κ2) is 8.22. The molecule has 150 valence electrons. The van der Waals surface area contributed by atoms with Crippen LogP contribution in [0, 0.1) is 6.92 Å². The summed E-state index contributed by atoms with van der Waals surface area (Å²) in [6.45, 7) is 4.04. The standard InChI is InChI=1S/C21H21BrN4O2S/c1-16-2-4-17(5-3-16)20-10-11-21(24-23-20)25-12-14-26(15-13-25)29(27,28)19-8-6-18(22)7-9-19/h2-11H,12-15H2,1H3. The molecule has 0 amide bonds. The van der Waals surface area contributed by atoms with Gasteiger partial charge in [-0.1, -0.05) is 45.8 Å². The minimum absolute atomic E-state index is 0.316. The first-order valence-electron chi connectivity index (χ1n) is 9.35. The Labute approximate surface area is 179 Å². The van der Waals surface area contributed by atoms with Crippen molar-refractivity contribution in [2.24, 2.45) is 0 Å². The molecule has 3 aromatic rings. The maximum atomic E-state index is 12.8. The topological polar surface area (TPSA) is 66.4 Å². The van der Waals surface area contributed by atoms with E-state index in [0.29, 0.717) is 31.1 Å². The van der Waals surface area contributed by atoms with Gasteiger partial charge in [0.25, 0.3) is 0 Å². The average molecular weight is 473 g/mol. The number of aromatic nitrogens is 2. The van der Waals surface area contributed by atoms with Gasteiger partial charge in [0.1, 0.15) is 0 Å². The van der Waals surface area contributed by atoms with Crippen molar-refractivity contribution in [1.29, 1.82) is 0 Å². The Hall–Kier alpha value is -2.29. The monoisotopic (exact) mass is 472 g/mol. The van der Waals surface area contributed by atoms with Gasteiger partial charge in [-0.05, 0) is 43.3 Å². The van der Waals surface area contributed by atoms with Gasteiger partial charge in [0, 0.05) is 36.2 Å². The van der Waals surface area contributed by atoms with Crippen molar-refractivity contribution in [3.05, 3.63) is 70.7 Å². The third-order valence-electron chi connectivity index (χ3n) is 5.01. The number of piperazine rings is 1. The average Bonchev–Trinajstić information content (AvgIpc) is 2.75. The Kier molecular flexibility index (Phi) is 5.67. The van der Waals surface area contributed by atoms with Crippen molar-refractivity contribution in [2.75, 3.05) is 31.1 Å². The van der Waals surface area contributed by atoms with Crippen LogP contribution in [0.25, 0.3) is 11.3 Å². The lowest BCUT2D eigenvalue weighted by atomic mass is 10.1. The smallest absolute Gasteiger partial charge is 0.243 e. The number of benzene rings is 2. The molecule has 0 bridgehead atoms. The predicted molar refractivity (Wildman–Crippen MR) is 117 cm³/mol. The number of hydrogen-bond acceptors (Lipinski definition) is 5. The van der Waals surface area contributed by atoms with Gasteiger partial charge in [0.05, 0.1) is 10.6 Å². The van der Waals surface area contributed by atoms with Crippen molar-refractivity contribution in [3.63, 3.8) is 0 Å². The van der Waals surface area contributed by atoms with Crippen molar-refractivity contribution >= 4 is 31.8 Å². The summed E-state index contributed by atoms with van der Waals surface area (Å²) in [6, 6.07) is 18.8. The number of hydrogen-bond donors (Lipinski definition) is 0. The first-order valence-corrected chi connectivity index (χ1v) is 11.6. The van der Waals surface area contributed by atoms with E-state index in [1.54, 1.807) is 24.3 Å². The van der Waals surface area contributed by atoms with E-state index in [9.17, 15) is 8.42 Å². The molecular weight excluding hydrogens is 452 g/mol. The normalized spacial score (nSPS) is 15.4. The second-order valence-corrected chi connectivity index (χ2v) is 9.84. The number of aryl methyl sites for hydroxylation is 1. The quantitative estimate of drug-likeness (QED) is 0.578. The van der Waals surface area contributed by atoms with Crippen LogP contribution in [0.2, 0.25) is 0 Å². The van der Waals surface area contributed by atoms with Crippen LogP contribution in [-0.2, 0) is 10.0 Å². The van der Waals surface area contributed by atoms with E-state index in [4.69, 9.17) is 0 Å². The highest BCUT2D eigenvalue weighted by Crippen LogP contribution is 2.23. The van der Waals surface area contributed by atoms with Crippen LogP contribution in [0.5, 0.6) is 0 Å². The Bertz CT molecular complexity index is 1080. The lowest BCUT2D eigenvalue weighted by molar-refractivity contribution is 0.383. The molecule has 4 rings (SSSR count). The molecule has 0 saturated carbocycles. The number of sulfonamides is 1. The maximum absolute atomic E-state index is 12.8. The molecule has 2 aromatic carbocycles. The fraction of sp³-hybridized carbons (Fsp3) is 0.238. The van der Waals surface area contributed by atoms with E-state index < -0.39 is 10.0 Å². The first-order chi connectivity index (χ1) is 13.9. The molecule has 1 aromatic heterocycles. The van der Waals surface area contributed by atoms with Crippen LogP contribution in [0.1, 0.15) is 5.56 Å². The van der Waals surface area contributed by atoms with Crippen LogP contribution >= 0.6 is 15.9 Å². The number of nitrogens with zero attached hydrogens (tertiary/aromatic N) is 4. The summed E-state index contributed by atoms with van der Waals surface area (Å²) >= 11 is 3.34. The highest BCUT2D eigenvalue weighted by molar-refractivity contribution is 9.10. The van der Waals surface area contributed by atoms with E-state index in [2.05, 4.69) is 50.1 Å². The molecule has 0 aliphatic carbocycles. The molecule has 0 N–H and O–H groups in total. The van der Waals surface area contributed by atoms with E-state index in [0.717, 1.165) is 21.5 Å². The molecule has 1 aliphatic rings. The third kappa shape index (κ3) is 4.34. The summed E-state index contributed by atoms with van der Waals surface area (Å²) in [5.41, 5.74) is 3.06. The summed E-state index contributed by atoms with van der Waals surface area (Å²) in [6.07, 6.45) is 0. The van der Waals surface area contributed by atoms with Gasteiger partial charge in [-0.2, -0.15) is 4.31 Å². The number of anilines is 1. The second-order valence-electron chi connectivity index (χ2n) is 6.99. The lowest BCUT2D eigenvalue weighted by Gasteiger charge is -2.34. The zero-order valence-corrected chi connectivity index (χ0v) is 18.4. The molecule has 6 nitrogen and oxygen atoms in total. The van der Waals surface area contributed by atoms with Crippen LogP contribution in [0.4, 0.5) is 5.82 Å². The molecule has 0 spiro atoms. The van der Waals surface area contributed by atoms with Gasteiger partial charge in [0.15, 0.2) is 5.82 Å². The van der Waals surface area contributed by atoms with Crippen LogP contribution < -0.4 is 4.90 Å². The lowest BCUT2D eigenvalue weighted by Crippen LogP contribution is -2.48. The molecule has 0 atom stereocenters. The number of rotatable bonds is 4. The Balaban J connectivity index is 1.43. The summed E-state index contributed by atoms with van der Waals surface area (Å²) in [5, 5.41) is 8.71. The van der Waals surface area contributed by atoms with Crippen molar-refractivity contribution in [2.45, 2.75) is 11.8 Å². The molecule has 1 saturated heterocycles. The van der Waals surface area contributed by atoms with Gasteiger partial charge in [-0.25, -0.2) is 8.42 Å².